The second-order valence-corrected chi connectivity index (χ2v) is 8.03. The van der Waals surface area contributed by atoms with E-state index in [0.717, 1.165) is 35.3 Å². The second-order valence-electron chi connectivity index (χ2n) is 6.92. The van der Waals surface area contributed by atoms with Gasteiger partial charge in [-0.05, 0) is 30.7 Å². The van der Waals surface area contributed by atoms with Crippen LogP contribution in [0, 0.1) is 5.92 Å². The average Bonchev–Trinajstić information content (AvgIpc) is 3.15. The first-order valence-electron chi connectivity index (χ1n) is 8.97. The molecule has 3 rings (SSSR count). The summed E-state index contributed by atoms with van der Waals surface area (Å²) in [6, 6.07) is 0. The van der Waals surface area contributed by atoms with Gasteiger partial charge in [-0.3, -0.25) is 29.4 Å². The van der Waals surface area contributed by atoms with Crippen LogP contribution in [0.15, 0.2) is 0 Å². The number of thiophene rings is 1. The minimum absolute atomic E-state index is 0.101. The van der Waals surface area contributed by atoms with Gasteiger partial charge in [-0.2, -0.15) is 0 Å². The molecule has 1 aliphatic carbocycles. The van der Waals surface area contributed by atoms with Crippen LogP contribution in [0.25, 0.3) is 0 Å². The lowest BCUT2D eigenvalue weighted by Gasteiger charge is -2.18. The lowest BCUT2D eigenvalue weighted by molar-refractivity contribution is -0.141. The molecule has 1 aliphatic heterocycles. The molecule has 2 aliphatic rings. The van der Waals surface area contributed by atoms with Crippen LogP contribution in [-0.4, -0.2) is 48.3 Å². The maximum absolute atomic E-state index is 12.6. The highest BCUT2D eigenvalue weighted by molar-refractivity contribution is 7.17. The summed E-state index contributed by atoms with van der Waals surface area (Å²) in [5.74, 6) is -1.54. The second kappa shape index (κ2) is 8.09. The molecular formula is C18H21N3O6S. The van der Waals surface area contributed by atoms with E-state index in [4.69, 9.17) is 0 Å². The van der Waals surface area contributed by atoms with Crippen molar-refractivity contribution in [3.8, 4) is 0 Å². The molecule has 150 valence electrons. The minimum Gasteiger partial charge on any atom is -0.453 e. The van der Waals surface area contributed by atoms with Gasteiger partial charge in [-0.15, -0.1) is 11.3 Å². The smallest absolute Gasteiger partial charge is 0.413 e. The predicted octanol–water partition coefficient (Wildman–Crippen LogP) is 1.46. The molecule has 5 amide bonds. The zero-order valence-electron chi connectivity index (χ0n) is 15.6. The molecule has 1 aromatic heterocycles. The van der Waals surface area contributed by atoms with Gasteiger partial charge in [-0.1, -0.05) is 6.92 Å². The van der Waals surface area contributed by atoms with Gasteiger partial charge < -0.3 is 10.1 Å². The van der Waals surface area contributed by atoms with E-state index in [1.54, 1.807) is 0 Å². The van der Waals surface area contributed by atoms with Crippen molar-refractivity contribution >= 4 is 46.1 Å². The SMILES string of the molecule is COC(=O)NC(=O)c1c(NC(=O)CN2C(=O)CCC2=O)sc2c1CC[C@H](C)C2. The fourth-order valence-corrected chi connectivity index (χ4v) is 4.82. The van der Waals surface area contributed by atoms with Crippen LogP contribution >= 0.6 is 11.3 Å². The van der Waals surface area contributed by atoms with E-state index in [1.807, 2.05) is 0 Å². The Balaban J connectivity index is 1.84. The van der Waals surface area contributed by atoms with Gasteiger partial charge in [0.2, 0.25) is 17.7 Å². The van der Waals surface area contributed by atoms with E-state index in [0.29, 0.717) is 17.3 Å². The maximum atomic E-state index is 12.6. The van der Waals surface area contributed by atoms with Crippen molar-refractivity contribution in [1.82, 2.24) is 10.2 Å². The summed E-state index contributed by atoms with van der Waals surface area (Å²) >= 11 is 1.28. The molecule has 0 saturated carbocycles. The Morgan fingerprint density at radius 2 is 1.86 bits per heavy atom. The molecule has 9 nitrogen and oxygen atoms in total. The Morgan fingerprint density at radius 1 is 1.18 bits per heavy atom. The lowest BCUT2D eigenvalue weighted by Crippen LogP contribution is -2.37. The van der Waals surface area contributed by atoms with Crippen molar-refractivity contribution in [2.24, 2.45) is 5.92 Å². The fourth-order valence-electron chi connectivity index (χ4n) is 3.39. The van der Waals surface area contributed by atoms with Gasteiger partial charge in [0, 0.05) is 17.7 Å². The summed E-state index contributed by atoms with van der Waals surface area (Å²) in [5, 5.41) is 5.08. The zero-order valence-corrected chi connectivity index (χ0v) is 16.4. The largest absolute Gasteiger partial charge is 0.453 e. The van der Waals surface area contributed by atoms with Crippen molar-refractivity contribution < 1.29 is 28.7 Å². The molecule has 1 fully saturated rings. The number of nitrogens with one attached hydrogen (secondary N) is 2. The normalized spacial score (nSPS) is 18.6. The van der Waals surface area contributed by atoms with Crippen molar-refractivity contribution in [3.63, 3.8) is 0 Å². The molecular weight excluding hydrogens is 386 g/mol. The Kier molecular flexibility index (Phi) is 5.78. The molecule has 1 atom stereocenters. The van der Waals surface area contributed by atoms with Crippen LogP contribution in [0.1, 0.15) is 47.0 Å². The minimum atomic E-state index is -0.889. The number of carbonyl (C=O) groups is 5. The molecule has 1 saturated heterocycles. The van der Waals surface area contributed by atoms with Crippen LogP contribution in [0.3, 0.4) is 0 Å². The molecule has 0 unspecified atom stereocenters. The summed E-state index contributed by atoms with van der Waals surface area (Å²) in [6.07, 6.45) is 1.65. The van der Waals surface area contributed by atoms with Gasteiger partial charge in [0.25, 0.3) is 5.91 Å². The van der Waals surface area contributed by atoms with Gasteiger partial charge in [0.1, 0.15) is 11.5 Å². The van der Waals surface area contributed by atoms with E-state index in [9.17, 15) is 24.0 Å². The molecule has 2 N–H and O–H groups in total. The van der Waals surface area contributed by atoms with Crippen molar-refractivity contribution in [3.05, 3.63) is 16.0 Å². The highest BCUT2D eigenvalue weighted by Gasteiger charge is 2.32. The van der Waals surface area contributed by atoms with Crippen LogP contribution in [0.5, 0.6) is 0 Å². The zero-order chi connectivity index (χ0) is 20.4. The number of rotatable bonds is 4. The number of hydrogen-bond donors (Lipinski definition) is 2. The summed E-state index contributed by atoms with van der Waals surface area (Å²) in [6.45, 7) is 1.72. The van der Waals surface area contributed by atoms with Crippen molar-refractivity contribution in [2.45, 2.75) is 39.0 Å². The van der Waals surface area contributed by atoms with E-state index in [2.05, 4.69) is 22.3 Å². The van der Waals surface area contributed by atoms with Gasteiger partial charge in [0.15, 0.2) is 0 Å². The first-order valence-corrected chi connectivity index (χ1v) is 9.78. The van der Waals surface area contributed by atoms with Crippen molar-refractivity contribution in [2.75, 3.05) is 19.0 Å². The van der Waals surface area contributed by atoms with E-state index in [1.165, 1.54) is 11.3 Å². The van der Waals surface area contributed by atoms with Gasteiger partial charge >= 0.3 is 6.09 Å². The maximum Gasteiger partial charge on any atom is 0.413 e. The van der Waals surface area contributed by atoms with Crippen LogP contribution in [-0.2, 0) is 32.0 Å². The van der Waals surface area contributed by atoms with Crippen LogP contribution < -0.4 is 10.6 Å². The Bertz CT molecular complexity index is 846. The number of alkyl carbamates (subject to hydrolysis) is 1. The molecule has 0 radical (unpaired) electrons. The molecule has 0 bridgehead atoms. The number of imide groups is 2. The van der Waals surface area contributed by atoms with Gasteiger partial charge in [-0.25, -0.2) is 4.79 Å². The number of amides is 5. The van der Waals surface area contributed by atoms with E-state index >= 15 is 0 Å². The highest BCUT2D eigenvalue weighted by atomic mass is 32.1. The third kappa shape index (κ3) is 4.06. The summed E-state index contributed by atoms with van der Waals surface area (Å²) in [5.41, 5.74) is 1.05. The quantitative estimate of drug-likeness (QED) is 0.729. The monoisotopic (exact) mass is 407 g/mol. The average molecular weight is 407 g/mol. The standard InChI is InChI=1S/C18H21N3O6S/c1-9-3-4-10-11(7-9)28-17(15(10)16(25)20-18(26)27-2)19-12(22)8-21-13(23)5-6-14(21)24/h9H,3-8H2,1-2H3,(H,19,22)(H,20,25,26)/t9-/m0/s1. The number of carbonyl (C=O) groups excluding carboxylic acids is 5. The number of ether oxygens (including phenoxy) is 1. The highest BCUT2D eigenvalue weighted by Crippen LogP contribution is 2.39. The first kappa shape index (κ1) is 20.0. The summed E-state index contributed by atoms with van der Waals surface area (Å²) in [7, 11) is 1.15. The van der Waals surface area contributed by atoms with Crippen LogP contribution in [0.2, 0.25) is 0 Å². The third-order valence-electron chi connectivity index (χ3n) is 4.85. The molecule has 1 aromatic rings. The summed E-state index contributed by atoms with van der Waals surface area (Å²) < 4.78 is 4.48. The third-order valence-corrected chi connectivity index (χ3v) is 6.02. The predicted molar refractivity (Wildman–Crippen MR) is 100.0 cm³/mol. The van der Waals surface area contributed by atoms with Gasteiger partial charge in [0.05, 0.1) is 12.7 Å². The molecule has 28 heavy (non-hydrogen) atoms. The molecule has 0 aromatic carbocycles. The topological polar surface area (TPSA) is 122 Å². The Morgan fingerprint density at radius 3 is 2.50 bits per heavy atom. The van der Waals surface area contributed by atoms with Crippen LogP contribution in [0.4, 0.5) is 9.80 Å². The number of likely N-dealkylation sites (tertiary alicyclic amines) is 1. The number of hydrogen-bond acceptors (Lipinski definition) is 7. The van der Waals surface area contributed by atoms with E-state index < -0.39 is 24.5 Å². The first-order chi connectivity index (χ1) is 13.3. The number of methoxy groups -OCH3 is 1. The molecule has 10 heteroatoms. The Labute approximate surface area is 165 Å². The molecule has 2 heterocycles. The number of anilines is 1. The molecule has 0 spiro atoms. The van der Waals surface area contributed by atoms with Crippen molar-refractivity contribution in [1.29, 1.82) is 0 Å². The summed E-state index contributed by atoms with van der Waals surface area (Å²) in [4.78, 5) is 61.8. The Hall–Kier alpha value is -2.75. The fraction of sp³-hybridized carbons (Fsp3) is 0.500. The number of nitrogens with zero attached hydrogens (tertiary/aromatic N) is 1. The van der Waals surface area contributed by atoms with E-state index in [-0.39, 0.29) is 30.2 Å². The number of fused-ring (bicyclic) bond motifs is 1. The lowest BCUT2D eigenvalue weighted by atomic mass is 9.88.